The summed E-state index contributed by atoms with van der Waals surface area (Å²) in [5, 5.41) is 6.15. The fourth-order valence-electron chi connectivity index (χ4n) is 3.46. The molecule has 0 saturated carbocycles. The maximum Gasteiger partial charge on any atom is 0.295 e. The number of anilines is 1. The normalized spacial score (nSPS) is 13.9. The number of rotatable bonds is 7. The van der Waals surface area contributed by atoms with Gasteiger partial charge in [0.25, 0.3) is 18.2 Å². The van der Waals surface area contributed by atoms with Crippen LogP contribution in [-0.2, 0) is 6.54 Å². The second-order valence-electron chi connectivity index (χ2n) is 7.22. The van der Waals surface area contributed by atoms with Crippen molar-refractivity contribution in [3.8, 4) is 5.88 Å². The summed E-state index contributed by atoms with van der Waals surface area (Å²) in [5.74, 6) is -0.340. The first kappa shape index (κ1) is 21.3. The summed E-state index contributed by atoms with van der Waals surface area (Å²) in [6, 6.07) is 4.39. The summed E-state index contributed by atoms with van der Waals surface area (Å²) in [7, 11) is 0. The van der Waals surface area contributed by atoms with Crippen LogP contribution in [0.1, 0.15) is 50.6 Å². The van der Waals surface area contributed by atoms with Crippen molar-refractivity contribution in [2.45, 2.75) is 32.9 Å². The fraction of sp³-hybridized carbons (Fsp3) is 0.286. The molecule has 1 aliphatic heterocycles. The van der Waals surface area contributed by atoms with Gasteiger partial charge in [-0.15, -0.1) is 0 Å². The third-order valence-electron chi connectivity index (χ3n) is 5.12. The molecule has 0 fully saturated rings. The number of nitrogens with one attached hydrogen (secondary N) is 1. The van der Waals surface area contributed by atoms with Crippen molar-refractivity contribution in [3.05, 3.63) is 64.8 Å². The summed E-state index contributed by atoms with van der Waals surface area (Å²) in [6.07, 6.45) is 1.70. The number of ether oxygens (including phenoxy) is 1. The van der Waals surface area contributed by atoms with Crippen molar-refractivity contribution in [1.29, 1.82) is 0 Å². The number of nitrogens with zero attached hydrogens (tertiary/aromatic N) is 4. The lowest BCUT2D eigenvalue weighted by molar-refractivity contribution is 0.0713. The van der Waals surface area contributed by atoms with Crippen LogP contribution < -0.4 is 10.1 Å². The SMILES string of the molecule is Cc1cc(C(C)N2Cc3c(ccnc3NC(=O)c3ccno3)C2=O)cnc1OCC(F)F. The van der Waals surface area contributed by atoms with E-state index in [4.69, 9.17) is 9.26 Å². The van der Waals surface area contributed by atoms with E-state index < -0.39 is 18.9 Å². The van der Waals surface area contributed by atoms with Crippen molar-refractivity contribution in [2.24, 2.45) is 0 Å². The Kier molecular flexibility index (Phi) is 5.80. The molecule has 0 aliphatic carbocycles. The first-order chi connectivity index (χ1) is 15.3. The van der Waals surface area contributed by atoms with E-state index in [-0.39, 0.29) is 36.0 Å². The highest BCUT2D eigenvalue weighted by molar-refractivity contribution is 6.05. The van der Waals surface area contributed by atoms with Gasteiger partial charge in [0.1, 0.15) is 5.82 Å². The zero-order chi connectivity index (χ0) is 22.8. The Balaban J connectivity index is 1.53. The van der Waals surface area contributed by atoms with Gasteiger partial charge in [-0.2, -0.15) is 0 Å². The zero-order valence-electron chi connectivity index (χ0n) is 17.2. The first-order valence-corrected chi connectivity index (χ1v) is 9.73. The van der Waals surface area contributed by atoms with Gasteiger partial charge in [0.15, 0.2) is 6.61 Å². The van der Waals surface area contributed by atoms with Crippen LogP contribution in [-0.4, -0.2) is 44.9 Å². The maximum atomic E-state index is 13.0. The number of pyridine rings is 2. The number of aryl methyl sites for hydroxylation is 1. The molecular formula is C21H19F2N5O4. The minimum absolute atomic E-state index is 0.0228. The van der Waals surface area contributed by atoms with Gasteiger partial charge in [0.05, 0.1) is 18.8 Å². The van der Waals surface area contributed by atoms with E-state index in [1.807, 2.05) is 6.92 Å². The molecule has 166 valence electrons. The van der Waals surface area contributed by atoms with E-state index >= 15 is 0 Å². The number of alkyl halides is 2. The molecule has 1 unspecified atom stereocenters. The van der Waals surface area contributed by atoms with Gasteiger partial charge in [0, 0.05) is 35.2 Å². The molecule has 1 atom stereocenters. The number of amides is 2. The number of carbonyl (C=O) groups is 2. The van der Waals surface area contributed by atoms with Crippen LogP contribution in [0.2, 0.25) is 0 Å². The van der Waals surface area contributed by atoms with Crippen molar-refractivity contribution < 1.29 is 27.6 Å². The second-order valence-corrected chi connectivity index (χ2v) is 7.22. The molecule has 0 radical (unpaired) electrons. The molecule has 0 bridgehead atoms. The van der Waals surface area contributed by atoms with Crippen LogP contribution in [0.3, 0.4) is 0 Å². The van der Waals surface area contributed by atoms with Crippen molar-refractivity contribution in [3.63, 3.8) is 0 Å². The summed E-state index contributed by atoms with van der Waals surface area (Å²) in [6.45, 7) is 3.02. The summed E-state index contributed by atoms with van der Waals surface area (Å²) >= 11 is 0. The predicted octanol–water partition coefficient (Wildman–Crippen LogP) is 3.39. The Morgan fingerprint density at radius 1 is 1.31 bits per heavy atom. The van der Waals surface area contributed by atoms with Gasteiger partial charge in [0.2, 0.25) is 11.6 Å². The minimum atomic E-state index is -2.59. The fourth-order valence-corrected chi connectivity index (χ4v) is 3.46. The van der Waals surface area contributed by atoms with Gasteiger partial charge >= 0.3 is 0 Å². The zero-order valence-corrected chi connectivity index (χ0v) is 17.2. The van der Waals surface area contributed by atoms with Crippen LogP contribution in [0.5, 0.6) is 5.88 Å². The van der Waals surface area contributed by atoms with E-state index in [2.05, 4.69) is 20.4 Å². The van der Waals surface area contributed by atoms with E-state index in [1.54, 1.807) is 24.0 Å². The quantitative estimate of drug-likeness (QED) is 0.596. The molecule has 3 aromatic rings. The molecule has 32 heavy (non-hydrogen) atoms. The average molecular weight is 443 g/mol. The van der Waals surface area contributed by atoms with Crippen molar-refractivity contribution >= 4 is 17.6 Å². The van der Waals surface area contributed by atoms with Crippen molar-refractivity contribution in [2.75, 3.05) is 11.9 Å². The van der Waals surface area contributed by atoms with Crippen LogP contribution in [0.4, 0.5) is 14.6 Å². The van der Waals surface area contributed by atoms with Crippen LogP contribution in [0, 0.1) is 6.92 Å². The second kappa shape index (κ2) is 8.69. The molecule has 3 aromatic heterocycles. The van der Waals surface area contributed by atoms with Gasteiger partial charge in [-0.1, -0.05) is 5.16 Å². The standard InChI is InChI=1S/C21H19F2N5O4/c1-11-7-13(8-25-20(11)31-10-17(22)23)12(2)28-9-15-14(21(28)30)3-5-24-18(15)27-19(29)16-4-6-26-32-16/h3-8,12,17H,9-10H2,1-2H3,(H,24,27,29). The highest BCUT2D eigenvalue weighted by Gasteiger charge is 2.34. The minimum Gasteiger partial charge on any atom is -0.471 e. The van der Waals surface area contributed by atoms with Gasteiger partial charge < -0.3 is 19.5 Å². The van der Waals surface area contributed by atoms with Gasteiger partial charge in [-0.25, -0.2) is 18.7 Å². The van der Waals surface area contributed by atoms with Crippen LogP contribution >= 0.6 is 0 Å². The highest BCUT2D eigenvalue weighted by atomic mass is 19.3. The first-order valence-electron chi connectivity index (χ1n) is 9.73. The number of fused-ring (bicyclic) bond motifs is 1. The monoisotopic (exact) mass is 443 g/mol. The molecule has 0 spiro atoms. The van der Waals surface area contributed by atoms with E-state index in [9.17, 15) is 18.4 Å². The lowest BCUT2D eigenvalue weighted by Crippen LogP contribution is -2.27. The molecule has 0 saturated heterocycles. The molecule has 4 rings (SSSR count). The number of hydrogen-bond acceptors (Lipinski definition) is 7. The van der Waals surface area contributed by atoms with Crippen LogP contribution in [0.15, 0.2) is 41.3 Å². The van der Waals surface area contributed by atoms with E-state index in [1.165, 1.54) is 24.7 Å². The van der Waals surface area contributed by atoms with E-state index in [0.29, 0.717) is 22.3 Å². The molecule has 9 nitrogen and oxygen atoms in total. The largest absolute Gasteiger partial charge is 0.471 e. The summed E-state index contributed by atoms with van der Waals surface area (Å²) in [4.78, 5) is 35.3. The average Bonchev–Trinajstić information content (AvgIpc) is 3.42. The van der Waals surface area contributed by atoms with E-state index in [0.717, 1.165) is 0 Å². The molecule has 0 aromatic carbocycles. The number of halogens is 2. The Labute approximate surface area is 181 Å². The lowest BCUT2D eigenvalue weighted by Gasteiger charge is -2.25. The molecule has 1 aliphatic rings. The Hall–Kier alpha value is -3.89. The van der Waals surface area contributed by atoms with Crippen LogP contribution in [0.25, 0.3) is 0 Å². The lowest BCUT2D eigenvalue weighted by atomic mass is 10.1. The Bertz CT molecular complexity index is 1150. The molecular weight excluding hydrogens is 424 g/mol. The summed E-state index contributed by atoms with van der Waals surface area (Å²) < 4.78 is 34.6. The highest BCUT2D eigenvalue weighted by Crippen LogP contribution is 2.34. The topological polar surface area (TPSA) is 110 Å². The Morgan fingerprint density at radius 3 is 2.81 bits per heavy atom. The van der Waals surface area contributed by atoms with Gasteiger partial charge in [-0.05, 0) is 31.5 Å². The summed E-state index contributed by atoms with van der Waals surface area (Å²) in [5.41, 5.74) is 2.31. The third-order valence-corrected chi connectivity index (χ3v) is 5.12. The molecule has 2 amide bonds. The molecule has 11 heteroatoms. The molecule has 4 heterocycles. The third kappa shape index (κ3) is 4.13. The maximum absolute atomic E-state index is 13.0. The molecule has 1 N–H and O–H groups in total. The Morgan fingerprint density at radius 2 is 2.12 bits per heavy atom. The number of aromatic nitrogens is 3. The predicted molar refractivity (Wildman–Crippen MR) is 107 cm³/mol. The smallest absolute Gasteiger partial charge is 0.295 e. The van der Waals surface area contributed by atoms with Gasteiger partial charge in [-0.3, -0.25) is 9.59 Å². The number of carbonyl (C=O) groups excluding carboxylic acids is 2. The van der Waals surface area contributed by atoms with Crippen molar-refractivity contribution in [1.82, 2.24) is 20.0 Å². The number of hydrogen-bond donors (Lipinski definition) is 1.